The number of nitrogens with one attached hydrogen (secondary N) is 2. The summed E-state index contributed by atoms with van der Waals surface area (Å²) in [4.78, 5) is 14.3. The van der Waals surface area contributed by atoms with Crippen molar-refractivity contribution in [3.05, 3.63) is 0 Å². The van der Waals surface area contributed by atoms with Gasteiger partial charge in [0.2, 0.25) is 5.91 Å². The lowest BCUT2D eigenvalue weighted by Crippen LogP contribution is -2.48. The SMILES string of the molecule is CC(C)(C)NC(=O)CNC1CCN2CCCC12. The van der Waals surface area contributed by atoms with Gasteiger partial charge in [-0.25, -0.2) is 0 Å². The van der Waals surface area contributed by atoms with E-state index in [0.717, 1.165) is 0 Å². The largest absolute Gasteiger partial charge is 0.350 e. The fourth-order valence-corrected chi connectivity index (χ4v) is 3.01. The van der Waals surface area contributed by atoms with E-state index in [1.165, 1.54) is 32.4 Å². The number of hydrogen-bond acceptors (Lipinski definition) is 3. The molecule has 2 aliphatic rings. The van der Waals surface area contributed by atoms with Crippen LogP contribution in [0.1, 0.15) is 40.0 Å². The van der Waals surface area contributed by atoms with Crippen molar-refractivity contribution in [2.75, 3.05) is 19.6 Å². The highest BCUT2D eigenvalue weighted by atomic mass is 16.2. The monoisotopic (exact) mass is 239 g/mol. The maximum atomic E-state index is 11.7. The molecule has 98 valence electrons. The Bertz CT molecular complexity index is 285. The Kier molecular flexibility index (Phi) is 3.73. The highest BCUT2D eigenvalue weighted by molar-refractivity contribution is 5.78. The summed E-state index contributed by atoms with van der Waals surface area (Å²) in [7, 11) is 0. The normalized spacial score (nSPS) is 29.4. The molecule has 1 amide bonds. The average Bonchev–Trinajstić information content (AvgIpc) is 2.73. The van der Waals surface area contributed by atoms with E-state index in [0.29, 0.717) is 18.6 Å². The average molecular weight is 239 g/mol. The quantitative estimate of drug-likeness (QED) is 0.763. The lowest BCUT2D eigenvalue weighted by molar-refractivity contribution is -0.121. The maximum absolute atomic E-state index is 11.7. The highest BCUT2D eigenvalue weighted by Crippen LogP contribution is 2.27. The van der Waals surface area contributed by atoms with Crippen LogP contribution in [0.4, 0.5) is 0 Å². The van der Waals surface area contributed by atoms with E-state index >= 15 is 0 Å². The van der Waals surface area contributed by atoms with E-state index in [1.807, 2.05) is 20.8 Å². The molecule has 0 aromatic carbocycles. The van der Waals surface area contributed by atoms with Crippen molar-refractivity contribution in [3.8, 4) is 0 Å². The summed E-state index contributed by atoms with van der Waals surface area (Å²) in [6.45, 7) is 8.93. The molecule has 4 nitrogen and oxygen atoms in total. The van der Waals surface area contributed by atoms with E-state index in [1.54, 1.807) is 0 Å². The topological polar surface area (TPSA) is 44.4 Å². The fourth-order valence-electron chi connectivity index (χ4n) is 3.01. The lowest BCUT2D eigenvalue weighted by atomic mass is 10.1. The van der Waals surface area contributed by atoms with Crippen molar-refractivity contribution >= 4 is 5.91 Å². The Labute approximate surface area is 104 Å². The van der Waals surface area contributed by atoms with Crippen LogP contribution in [0.15, 0.2) is 0 Å². The fraction of sp³-hybridized carbons (Fsp3) is 0.923. The molecule has 2 rings (SSSR count). The van der Waals surface area contributed by atoms with Gasteiger partial charge in [-0.1, -0.05) is 0 Å². The third-order valence-electron chi connectivity index (χ3n) is 3.65. The molecular formula is C13H25N3O. The lowest BCUT2D eigenvalue weighted by Gasteiger charge is -2.23. The van der Waals surface area contributed by atoms with Gasteiger partial charge in [-0.05, 0) is 46.6 Å². The number of carbonyl (C=O) groups excluding carboxylic acids is 1. The van der Waals surface area contributed by atoms with Crippen LogP contribution in [0.25, 0.3) is 0 Å². The molecule has 2 saturated heterocycles. The third kappa shape index (κ3) is 3.42. The summed E-state index contributed by atoms with van der Waals surface area (Å²) in [5, 5.41) is 6.41. The van der Waals surface area contributed by atoms with Gasteiger partial charge in [0.1, 0.15) is 0 Å². The summed E-state index contributed by atoms with van der Waals surface area (Å²) in [6, 6.07) is 1.20. The Morgan fingerprint density at radius 2 is 2.06 bits per heavy atom. The summed E-state index contributed by atoms with van der Waals surface area (Å²) in [5.74, 6) is 0.106. The van der Waals surface area contributed by atoms with Crippen molar-refractivity contribution in [1.29, 1.82) is 0 Å². The number of amides is 1. The zero-order chi connectivity index (χ0) is 12.5. The molecule has 0 spiro atoms. The molecular weight excluding hydrogens is 214 g/mol. The summed E-state index contributed by atoms with van der Waals surface area (Å²) in [6.07, 6.45) is 3.79. The Morgan fingerprint density at radius 3 is 2.76 bits per heavy atom. The minimum atomic E-state index is -0.131. The van der Waals surface area contributed by atoms with Gasteiger partial charge in [-0.15, -0.1) is 0 Å². The molecule has 2 fully saturated rings. The Hall–Kier alpha value is -0.610. The van der Waals surface area contributed by atoms with Crippen molar-refractivity contribution < 1.29 is 4.79 Å². The second-order valence-electron chi connectivity index (χ2n) is 6.32. The van der Waals surface area contributed by atoms with Gasteiger partial charge < -0.3 is 10.6 Å². The summed E-state index contributed by atoms with van der Waals surface area (Å²) < 4.78 is 0. The zero-order valence-electron chi connectivity index (χ0n) is 11.3. The molecule has 2 unspecified atom stereocenters. The second-order valence-corrected chi connectivity index (χ2v) is 6.32. The minimum absolute atomic E-state index is 0.106. The van der Waals surface area contributed by atoms with Crippen LogP contribution in [-0.4, -0.2) is 48.1 Å². The number of rotatable bonds is 3. The molecule has 0 radical (unpaired) electrons. The van der Waals surface area contributed by atoms with Crippen LogP contribution in [0.3, 0.4) is 0 Å². The van der Waals surface area contributed by atoms with E-state index in [-0.39, 0.29) is 11.4 Å². The van der Waals surface area contributed by atoms with Crippen molar-refractivity contribution in [1.82, 2.24) is 15.5 Å². The molecule has 2 aliphatic heterocycles. The molecule has 2 atom stereocenters. The number of carbonyl (C=O) groups is 1. The molecule has 17 heavy (non-hydrogen) atoms. The molecule has 0 aromatic heterocycles. The van der Waals surface area contributed by atoms with Crippen LogP contribution >= 0.6 is 0 Å². The van der Waals surface area contributed by atoms with Crippen molar-refractivity contribution in [2.45, 2.75) is 57.7 Å². The van der Waals surface area contributed by atoms with Gasteiger partial charge in [-0.2, -0.15) is 0 Å². The maximum Gasteiger partial charge on any atom is 0.234 e. The molecule has 2 heterocycles. The van der Waals surface area contributed by atoms with Gasteiger partial charge in [0.15, 0.2) is 0 Å². The van der Waals surface area contributed by atoms with Crippen LogP contribution in [-0.2, 0) is 4.79 Å². The first kappa shape index (κ1) is 12.8. The van der Waals surface area contributed by atoms with Gasteiger partial charge >= 0.3 is 0 Å². The standard InChI is InChI=1S/C13H25N3O/c1-13(2,3)15-12(17)9-14-10-6-8-16-7-4-5-11(10)16/h10-11,14H,4-9H2,1-3H3,(H,15,17). The predicted molar refractivity (Wildman–Crippen MR) is 68.9 cm³/mol. The zero-order valence-corrected chi connectivity index (χ0v) is 11.3. The number of hydrogen-bond donors (Lipinski definition) is 2. The summed E-state index contributed by atoms with van der Waals surface area (Å²) >= 11 is 0. The number of fused-ring (bicyclic) bond motifs is 1. The first-order chi connectivity index (χ1) is 7.96. The Morgan fingerprint density at radius 1 is 1.29 bits per heavy atom. The van der Waals surface area contributed by atoms with Crippen LogP contribution < -0.4 is 10.6 Å². The van der Waals surface area contributed by atoms with Gasteiger partial charge in [-0.3, -0.25) is 9.69 Å². The molecule has 0 aliphatic carbocycles. The molecule has 0 bridgehead atoms. The summed E-state index contributed by atoms with van der Waals surface area (Å²) in [5.41, 5.74) is -0.131. The van der Waals surface area contributed by atoms with Crippen LogP contribution in [0.2, 0.25) is 0 Å². The van der Waals surface area contributed by atoms with Gasteiger partial charge in [0.05, 0.1) is 6.54 Å². The molecule has 0 aromatic rings. The smallest absolute Gasteiger partial charge is 0.234 e. The third-order valence-corrected chi connectivity index (χ3v) is 3.65. The first-order valence-corrected chi connectivity index (χ1v) is 6.74. The van der Waals surface area contributed by atoms with E-state index in [2.05, 4.69) is 15.5 Å². The Balaban J connectivity index is 1.73. The molecule has 0 saturated carbocycles. The molecule has 4 heteroatoms. The van der Waals surface area contributed by atoms with Crippen LogP contribution in [0, 0.1) is 0 Å². The van der Waals surface area contributed by atoms with E-state index < -0.39 is 0 Å². The van der Waals surface area contributed by atoms with Gasteiger partial charge in [0.25, 0.3) is 0 Å². The first-order valence-electron chi connectivity index (χ1n) is 6.74. The number of nitrogens with zero attached hydrogens (tertiary/aromatic N) is 1. The van der Waals surface area contributed by atoms with E-state index in [9.17, 15) is 4.79 Å². The van der Waals surface area contributed by atoms with Crippen molar-refractivity contribution in [3.63, 3.8) is 0 Å². The van der Waals surface area contributed by atoms with Gasteiger partial charge in [0, 0.05) is 24.2 Å². The van der Waals surface area contributed by atoms with E-state index in [4.69, 9.17) is 0 Å². The minimum Gasteiger partial charge on any atom is -0.350 e. The second kappa shape index (κ2) is 4.94. The highest BCUT2D eigenvalue weighted by Gasteiger charge is 2.36. The van der Waals surface area contributed by atoms with Crippen molar-refractivity contribution in [2.24, 2.45) is 0 Å². The van der Waals surface area contributed by atoms with Crippen LogP contribution in [0.5, 0.6) is 0 Å². The predicted octanol–water partition coefficient (Wildman–Crippen LogP) is 0.727. The molecule has 2 N–H and O–H groups in total.